The first-order chi connectivity index (χ1) is 15.4. The van der Waals surface area contributed by atoms with E-state index in [0.29, 0.717) is 47.0 Å². The van der Waals surface area contributed by atoms with Gasteiger partial charge in [0.15, 0.2) is 0 Å². The summed E-state index contributed by atoms with van der Waals surface area (Å²) in [5.74, 6) is 0.980. The van der Waals surface area contributed by atoms with E-state index in [0.717, 1.165) is 21.3 Å². The van der Waals surface area contributed by atoms with Crippen molar-refractivity contribution < 1.29 is 19.4 Å². The molecule has 5 rings (SSSR count). The summed E-state index contributed by atoms with van der Waals surface area (Å²) < 4.78 is 6.94. The van der Waals surface area contributed by atoms with E-state index >= 15 is 0 Å². The number of pyridine rings is 1. The number of aromatic amines is 1. The zero-order valence-electron chi connectivity index (χ0n) is 17.6. The molecule has 0 spiro atoms. The first kappa shape index (κ1) is 20.5. The summed E-state index contributed by atoms with van der Waals surface area (Å²) in [6.07, 6.45) is 1.80. The van der Waals surface area contributed by atoms with Gasteiger partial charge in [0.2, 0.25) is 0 Å². The molecule has 1 atom stereocenters. The number of aliphatic hydroxyl groups excluding tert-OH is 1. The normalized spacial score (nSPS) is 16.1. The molecule has 4 heterocycles. The molecule has 0 bridgehead atoms. The maximum atomic E-state index is 12.8. The lowest BCUT2D eigenvalue weighted by atomic mass is 10.1. The first-order valence-corrected chi connectivity index (χ1v) is 11.1. The number of benzene rings is 1. The number of aromatic nitrogens is 2. The fourth-order valence-corrected chi connectivity index (χ4v) is 5.14. The number of β-amino-alcohol motifs (C(OH)–C–C–N with tert-alkyl or cyclic N) is 1. The van der Waals surface area contributed by atoms with Crippen molar-refractivity contribution >= 4 is 44.3 Å². The Kier molecular flexibility index (Phi) is 5.07. The van der Waals surface area contributed by atoms with Crippen LogP contribution in [0.3, 0.4) is 0 Å². The molecule has 9 heteroatoms. The van der Waals surface area contributed by atoms with E-state index in [-0.39, 0.29) is 11.8 Å². The summed E-state index contributed by atoms with van der Waals surface area (Å²) in [5.41, 5.74) is 2.90. The van der Waals surface area contributed by atoms with Gasteiger partial charge >= 0.3 is 0 Å². The van der Waals surface area contributed by atoms with Gasteiger partial charge in [-0.25, -0.2) is 0 Å². The molecule has 2 amide bonds. The number of likely N-dealkylation sites (tertiary alicyclic amines) is 1. The second-order valence-electron chi connectivity index (χ2n) is 7.84. The average molecular weight is 451 g/mol. The number of ether oxygens (including phenoxy) is 1. The van der Waals surface area contributed by atoms with E-state index in [4.69, 9.17) is 4.74 Å². The van der Waals surface area contributed by atoms with Crippen LogP contribution in [0.25, 0.3) is 21.1 Å². The summed E-state index contributed by atoms with van der Waals surface area (Å²) >= 11 is 1.34. The number of aliphatic hydroxyl groups is 1. The molecular formula is C23H22N4O4S. The van der Waals surface area contributed by atoms with Gasteiger partial charge in [-0.05, 0) is 31.5 Å². The fourth-order valence-electron chi connectivity index (χ4n) is 4.10. The van der Waals surface area contributed by atoms with Crippen molar-refractivity contribution in [3.8, 4) is 11.5 Å². The number of fused-ring (bicyclic) bond motifs is 2. The van der Waals surface area contributed by atoms with Crippen LogP contribution >= 0.6 is 11.3 Å². The molecular weight excluding hydrogens is 428 g/mol. The summed E-state index contributed by atoms with van der Waals surface area (Å²) in [7, 11) is 1.61. The Morgan fingerprint density at radius 1 is 1.31 bits per heavy atom. The predicted molar refractivity (Wildman–Crippen MR) is 123 cm³/mol. The third kappa shape index (κ3) is 3.49. The zero-order chi connectivity index (χ0) is 22.4. The molecule has 1 aromatic carbocycles. The van der Waals surface area contributed by atoms with Crippen LogP contribution in [0.1, 0.15) is 32.1 Å². The van der Waals surface area contributed by atoms with Crippen molar-refractivity contribution in [3.05, 3.63) is 52.7 Å². The molecule has 1 aliphatic rings. The molecule has 32 heavy (non-hydrogen) atoms. The lowest BCUT2D eigenvalue weighted by Gasteiger charge is -2.13. The van der Waals surface area contributed by atoms with Gasteiger partial charge in [0.05, 0.1) is 32.3 Å². The highest BCUT2D eigenvalue weighted by Gasteiger charge is 2.27. The quantitative estimate of drug-likeness (QED) is 0.441. The van der Waals surface area contributed by atoms with E-state index in [9.17, 15) is 14.7 Å². The van der Waals surface area contributed by atoms with Gasteiger partial charge in [0.25, 0.3) is 11.8 Å². The second kappa shape index (κ2) is 7.92. The van der Waals surface area contributed by atoms with Crippen molar-refractivity contribution in [1.82, 2.24) is 20.2 Å². The lowest BCUT2D eigenvalue weighted by molar-refractivity contribution is 0.0769. The molecule has 1 aliphatic heterocycles. The van der Waals surface area contributed by atoms with Crippen molar-refractivity contribution in [2.45, 2.75) is 19.4 Å². The summed E-state index contributed by atoms with van der Waals surface area (Å²) in [6.45, 7) is 2.77. The predicted octanol–water partition coefficient (Wildman–Crippen LogP) is 3.44. The summed E-state index contributed by atoms with van der Waals surface area (Å²) in [4.78, 5) is 34.9. The first-order valence-electron chi connectivity index (χ1n) is 10.3. The summed E-state index contributed by atoms with van der Waals surface area (Å²) in [5, 5.41) is 13.2. The Labute approximate surface area is 187 Å². The van der Waals surface area contributed by atoms with Crippen LogP contribution in [0.5, 0.6) is 11.5 Å². The number of amides is 2. The number of aryl methyl sites for hydroxylation is 1. The number of hydrogen-bond donors (Lipinski definition) is 3. The van der Waals surface area contributed by atoms with Crippen LogP contribution in [-0.2, 0) is 0 Å². The van der Waals surface area contributed by atoms with Gasteiger partial charge in [-0.15, -0.1) is 11.3 Å². The van der Waals surface area contributed by atoms with Crippen LogP contribution < -0.4 is 10.1 Å². The van der Waals surface area contributed by atoms with E-state index in [1.54, 1.807) is 30.3 Å². The van der Waals surface area contributed by atoms with Gasteiger partial charge < -0.3 is 25.0 Å². The Bertz CT molecular complexity index is 1360. The average Bonchev–Trinajstić information content (AvgIpc) is 3.49. The molecule has 0 radical (unpaired) electrons. The maximum absolute atomic E-state index is 12.8. The molecule has 0 aliphatic carbocycles. The molecule has 3 N–H and O–H groups in total. The molecule has 164 valence electrons. The topological polar surface area (TPSA) is 108 Å². The van der Waals surface area contributed by atoms with Crippen LogP contribution in [0.15, 0.2) is 36.5 Å². The van der Waals surface area contributed by atoms with Gasteiger partial charge in [0, 0.05) is 49.5 Å². The van der Waals surface area contributed by atoms with E-state index in [2.05, 4.69) is 15.3 Å². The lowest BCUT2D eigenvalue weighted by Crippen LogP contribution is -2.28. The Balaban J connectivity index is 1.46. The third-order valence-corrected chi connectivity index (χ3v) is 6.80. The van der Waals surface area contributed by atoms with E-state index in [1.165, 1.54) is 11.3 Å². The van der Waals surface area contributed by atoms with Gasteiger partial charge in [-0.1, -0.05) is 0 Å². The molecule has 3 aromatic heterocycles. The van der Waals surface area contributed by atoms with Crippen molar-refractivity contribution in [1.29, 1.82) is 0 Å². The second-order valence-corrected chi connectivity index (χ2v) is 8.89. The number of nitrogens with one attached hydrogen (secondary N) is 2. The maximum Gasteiger partial charge on any atom is 0.264 e. The largest absolute Gasteiger partial charge is 0.456 e. The SMILES string of the molecule is CNC(=O)c1c(C)[nH]c2cc(Oc3ccnc4cc(C(=O)N5CCC(O)C5)sc34)ccc12. The number of rotatable bonds is 4. The molecule has 4 aromatic rings. The summed E-state index contributed by atoms with van der Waals surface area (Å²) in [6, 6.07) is 9.07. The van der Waals surface area contributed by atoms with Gasteiger partial charge in [-0.2, -0.15) is 0 Å². The Morgan fingerprint density at radius 3 is 2.91 bits per heavy atom. The number of nitrogens with zero attached hydrogens (tertiary/aromatic N) is 2. The van der Waals surface area contributed by atoms with E-state index < -0.39 is 6.10 Å². The minimum absolute atomic E-state index is 0.0967. The van der Waals surface area contributed by atoms with Crippen molar-refractivity contribution in [2.24, 2.45) is 0 Å². The highest BCUT2D eigenvalue weighted by molar-refractivity contribution is 7.21. The highest BCUT2D eigenvalue weighted by Crippen LogP contribution is 2.36. The minimum atomic E-state index is -0.458. The Morgan fingerprint density at radius 2 is 2.16 bits per heavy atom. The number of carbonyl (C=O) groups excluding carboxylic acids is 2. The number of carbonyl (C=O) groups is 2. The van der Waals surface area contributed by atoms with Crippen LogP contribution in [-0.4, -0.2) is 58.0 Å². The van der Waals surface area contributed by atoms with Gasteiger partial charge in [-0.3, -0.25) is 14.6 Å². The minimum Gasteiger partial charge on any atom is -0.456 e. The third-order valence-electron chi connectivity index (χ3n) is 5.68. The standard InChI is InChI=1S/C23H22N4O4S/c1-12-20(22(29)24-2)15-4-3-14(9-16(15)26-12)31-18-5-7-25-17-10-19(32-21(17)18)23(30)27-8-6-13(28)11-27/h3-5,7,9-10,13,26,28H,6,8,11H2,1-2H3,(H,24,29). The van der Waals surface area contributed by atoms with Crippen LogP contribution in [0, 0.1) is 6.92 Å². The molecule has 1 unspecified atom stereocenters. The fraction of sp³-hybridized carbons (Fsp3) is 0.261. The number of thiophene rings is 1. The number of H-pyrrole nitrogens is 1. The van der Waals surface area contributed by atoms with Crippen LogP contribution in [0.2, 0.25) is 0 Å². The van der Waals surface area contributed by atoms with E-state index in [1.807, 2.05) is 25.1 Å². The van der Waals surface area contributed by atoms with Crippen molar-refractivity contribution in [3.63, 3.8) is 0 Å². The molecule has 0 saturated carbocycles. The van der Waals surface area contributed by atoms with Crippen molar-refractivity contribution in [2.75, 3.05) is 20.1 Å². The smallest absolute Gasteiger partial charge is 0.264 e. The molecule has 8 nitrogen and oxygen atoms in total. The zero-order valence-corrected chi connectivity index (χ0v) is 18.5. The van der Waals surface area contributed by atoms with Gasteiger partial charge in [0.1, 0.15) is 11.5 Å². The molecule has 1 fully saturated rings. The number of hydrogen-bond acceptors (Lipinski definition) is 6. The molecule has 1 saturated heterocycles. The monoisotopic (exact) mass is 450 g/mol. The Hall–Kier alpha value is -3.43. The highest BCUT2D eigenvalue weighted by atomic mass is 32.1. The van der Waals surface area contributed by atoms with Crippen LogP contribution in [0.4, 0.5) is 0 Å².